The fraction of sp³-hybridized carbons (Fsp3) is 0.750. The van der Waals surface area contributed by atoms with Gasteiger partial charge >= 0.3 is 58.2 Å². The van der Waals surface area contributed by atoms with Crippen molar-refractivity contribution in [3.63, 3.8) is 0 Å². The number of rotatable bonds is 0. The minimum Gasteiger partial charge on any atom is -0.870 e. The summed E-state index contributed by atoms with van der Waals surface area (Å²) in [5.74, 6) is 0. The Hall–Kier alpha value is 1.69. The first-order chi connectivity index (χ1) is 4.81. The molecule has 4 heteroatoms. The van der Waals surface area contributed by atoms with Gasteiger partial charge in [0.05, 0.1) is 0 Å². The fourth-order valence-electron chi connectivity index (χ4n) is 1.60. The van der Waals surface area contributed by atoms with Crippen LogP contribution in [0.2, 0.25) is 0 Å². The smallest absolute Gasteiger partial charge is 0.870 e. The molecule has 2 rings (SSSR count). The van der Waals surface area contributed by atoms with Gasteiger partial charge in [0.25, 0.3) is 0 Å². The Bertz CT molecular complexity index is 110. The molecule has 12 heavy (non-hydrogen) atoms. The van der Waals surface area contributed by atoms with Gasteiger partial charge in [-0.25, -0.2) is 0 Å². The first-order valence-corrected chi connectivity index (χ1v) is 3.78. The minimum atomic E-state index is 0. The minimum absolute atomic E-state index is 0. The van der Waals surface area contributed by atoms with Crippen LogP contribution in [-0.4, -0.2) is 36.6 Å². The van der Waals surface area contributed by atoms with Gasteiger partial charge in [0.15, 0.2) is 0 Å². The van der Waals surface area contributed by atoms with Crippen LogP contribution in [0.1, 0.15) is 6.92 Å². The summed E-state index contributed by atoms with van der Waals surface area (Å²) in [6.45, 7) is 9.86. The maximum absolute atomic E-state index is 3.83. The number of nitrogens with zero attached hydrogens (tertiary/aromatic N) is 1. The molecule has 0 amide bonds. The predicted molar refractivity (Wildman–Crippen MR) is 45.2 cm³/mol. The Kier molecular flexibility index (Phi) is 9.46. The summed E-state index contributed by atoms with van der Waals surface area (Å²) >= 11 is 0. The summed E-state index contributed by atoms with van der Waals surface area (Å²) < 4.78 is 0. The summed E-state index contributed by atoms with van der Waals surface area (Å²) in [4.78, 5) is 2.13. The molecule has 2 heterocycles. The maximum atomic E-state index is 3.83. The second kappa shape index (κ2) is 7.04. The van der Waals surface area contributed by atoms with Gasteiger partial charge in [-0.15, -0.1) is 0 Å². The van der Waals surface area contributed by atoms with Gasteiger partial charge in [-0.05, 0) is 13.1 Å². The van der Waals surface area contributed by atoms with Crippen molar-refractivity contribution in [3.8, 4) is 0 Å². The first kappa shape index (κ1) is 16.1. The summed E-state index contributed by atoms with van der Waals surface area (Å²) in [5, 5.41) is 3.27. The van der Waals surface area contributed by atoms with E-state index in [2.05, 4.69) is 24.2 Å². The molecule has 2 fully saturated rings. The molecule has 0 radical (unpaired) electrons. The van der Waals surface area contributed by atoms with Crippen LogP contribution in [0.15, 0.2) is 0 Å². The molecule has 0 aromatic carbocycles. The van der Waals surface area contributed by atoms with Crippen molar-refractivity contribution in [2.75, 3.05) is 26.2 Å². The SMILES string of the molecule is [CH2-]C.[CH2-]N1CC2(CNC2)C1.[OH-].[Rb+]. The van der Waals surface area contributed by atoms with Gasteiger partial charge in [0, 0.05) is 18.5 Å². The zero-order chi connectivity index (χ0) is 7.61. The Morgan fingerprint density at radius 3 is 1.75 bits per heavy atom. The van der Waals surface area contributed by atoms with Crippen LogP contribution in [0.25, 0.3) is 0 Å². The molecule has 0 aromatic rings. The number of hydrogen-bond acceptors (Lipinski definition) is 3. The molecular formula is C8H17N2ORb-2. The van der Waals surface area contributed by atoms with Crippen LogP contribution in [0.5, 0.6) is 0 Å². The van der Waals surface area contributed by atoms with Gasteiger partial charge in [-0.3, -0.25) is 7.05 Å². The number of hydrogen-bond donors (Lipinski definition) is 1. The van der Waals surface area contributed by atoms with Crippen LogP contribution in [0, 0.1) is 19.4 Å². The summed E-state index contributed by atoms with van der Waals surface area (Å²) in [6, 6.07) is 0. The zero-order valence-corrected chi connectivity index (χ0v) is 13.1. The molecule has 1 spiro atoms. The molecule has 3 nitrogen and oxygen atoms in total. The van der Waals surface area contributed by atoms with Crippen molar-refractivity contribution in [3.05, 3.63) is 14.0 Å². The molecule has 2 saturated heterocycles. The quantitative estimate of drug-likeness (QED) is 0.472. The predicted octanol–water partition coefficient (Wildman–Crippen LogP) is -2.65. The molecule has 0 aromatic heterocycles. The summed E-state index contributed by atoms with van der Waals surface area (Å²) in [7, 11) is 3.83. The van der Waals surface area contributed by atoms with Crippen LogP contribution in [0.4, 0.5) is 0 Å². The van der Waals surface area contributed by atoms with Gasteiger partial charge in [0.2, 0.25) is 0 Å². The van der Waals surface area contributed by atoms with Crippen molar-refractivity contribution in [1.29, 1.82) is 0 Å². The molecule has 0 atom stereocenters. The van der Waals surface area contributed by atoms with E-state index in [1.54, 1.807) is 6.92 Å². The van der Waals surface area contributed by atoms with Gasteiger partial charge in [-0.1, -0.05) is 0 Å². The van der Waals surface area contributed by atoms with E-state index in [-0.39, 0.29) is 63.7 Å². The van der Waals surface area contributed by atoms with E-state index in [4.69, 9.17) is 0 Å². The number of nitrogens with one attached hydrogen (secondary N) is 1. The standard InChI is InChI=1S/C6H11N2.C2H5.H2O.Rb/c1-8-4-6(5-8)2-7-3-6;1-2;;/h7H,1-5H2;1H2,2H3;1H2;/q2*-1;;+1/p-1. The summed E-state index contributed by atoms with van der Waals surface area (Å²) in [6.07, 6.45) is 0. The van der Waals surface area contributed by atoms with E-state index in [1.807, 2.05) is 0 Å². The van der Waals surface area contributed by atoms with Crippen molar-refractivity contribution in [2.24, 2.45) is 5.41 Å². The van der Waals surface area contributed by atoms with E-state index < -0.39 is 0 Å². The largest absolute Gasteiger partial charge is 1.00 e. The molecule has 2 aliphatic heterocycles. The molecule has 2 N–H and O–H groups in total. The number of likely N-dealkylation sites (tertiary alicyclic amines) is 1. The molecule has 0 bridgehead atoms. The third-order valence-electron chi connectivity index (χ3n) is 2.12. The van der Waals surface area contributed by atoms with Crippen LogP contribution >= 0.6 is 0 Å². The molecule has 2 aliphatic rings. The Morgan fingerprint density at radius 1 is 1.25 bits per heavy atom. The van der Waals surface area contributed by atoms with Gasteiger partial charge in [-0.2, -0.15) is 6.92 Å². The molecule has 0 aliphatic carbocycles. The summed E-state index contributed by atoms with van der Waals surface area (Å²) in [5.41, 5.74) is 0.668. The average Bonchev–Trinajstić information content (AvgIpc) is 1.82. The van der Waals surface area contributed by atoms with Crippen LogP contribution < -0.4 is 63.5 Å². The molecule has 0 unspecified atom stereocenters. The van der Waals surface area contributed by atoms with E-state index in [0.717, 1.165) is 0 Å². The van der Waals surface area contributed by atoms with Gasteiger partial charge in [0.1, 0.15) is 0 Å². The van der Waals surface area contributed by atoms with E-state index in [0.29, 0.717) is 5.41 Å². The fourth-order valence-corrected chi connectivity index (χ4v) is 1.60. The Morgan fingerprint density at radius 2 is 1.67 bits per heavy atom. The van der Waals surface area contributed by atoms with Crippen molar-refractivity contribution in [1.82, 2.24) is 10.2 Å². The molecule has 0 saturated carbocycles. The van der Waals surface area contributed by atoms with E-state index in [1.165, 1.54) is 26.2 Å². The Labute approximate surface area is 124 Å². The first-order valence-electron chi connectivity index (χ1n) is 3.78. The van der Waals surface area contributed by atoms with Crippen molar-refractivity contribution in [2.45, 2.75) is 6.92 Å². The third kappa shape index (κ3) is 3.44. The third-order valence-corrected chi connectivity index (χ3v) is 2.12. The average molecular weight is 243 g/mol. The maximum Gasteiger partial charge on any atom is 1.00 e. The zero-order valence-electron chi connectivity index (χ0n) is 8.14. The molecule has 68 valence electrons. The second-order valence-corrected chi connectivity index (χ2v) is 3.09. The van der Waals surface area contributed by atoms with Crippen molar-refractivity contribution < 1.29 is 63.7 Å². The van der Waals surface area contributed by atoms with Crippen LogP contribution in [0.3, 0.4) is 0 Å². The van der Waals surface area contributed by atoms with Gasteiger partial charge < -0.3 is 22.6 Å². The normalized spacial score (nSPS) is 23.2. The van der Waals surface area contributed by atoms with E-state index >= 15 is 0 Å². The second-order valence-electron chi connectivity index (χ2n) is 3.09. The Balaban J connectivity index is 0. The monoisotopic (exact) mass is 242 g/mol. The van der Waals surface area contributed by atoms with Crippen LogP contribution in [-0.2, 0) is 0 Å². The molecular weight excluding hydrogens is 226 g/mol. The van der Waals surface area contributed by atoms with E-state index in [9.17, 15) is 0 Å². The topological polar surface area (TPSA) is 45.3 Å². The van der Waals surface area contributed by atoms with Crippen molar-refractivity contribution >= 4 is 0 Å².